The van der Waals surface area contributed by atoms with Crippen LogP contribution in [0.1, 0.15) is 25.7 Å². The van der Waals surface area contributed by atoms with E-state index >= 15 is 0 Å². The number of carbonyl (C=O) groups excluding carboxylic acids is 1. The summed E-state index contributed by atoms with van der Waals surface area (Å²) < 4.78 is 6.83. The Bertz CT molecular complexity index is 864. The van der Waals surface area contributed by atoms with Gasteiger partial charge in [-0.25, -0.2) is 9.48 Å². The highest BCUT2D eigenvalue weighted by Crippen LogP contribution is 2.20. The highest BCUT2D eigenvalue weighted by Gasteiger charge is 2.31. The summed E-state index contributed by atoms with van der Waals surface area (Å²) in [5, 5.41) is 7.64. The normalized spacial score (nSPS) is 20.3. The van der Waals surface area contributed by atoms with Gasteiger partial charge < -0.3 is 15.0 Å². The first-order chi connectivity index (χ1) is 13.7. The molecule has 0 bridgehead atoms. The van der Waals surface area contributed by atoms with E-state index in [1.165, 1.54) is 10.7 Å². The topological polar surface area (TPSA) is 89.3 Å². The average molecular weight is 383 g/mol. The zero-order valence-corrected chi connectivity index (χ0v) is 15.8. The van der Waals surface area contributed by atoms with Crippen molar-refractivity contribution in [3.05, 3.63) is 47.0 Å². The number of ether oxygens (including phenoxy) is 1. The summed E-state index contributed by atoms with van der Waals surface area (Å²) in [4.78, 5) is 31.0. The quantitative estimate of drug-likeness (QED) is 0.867. The third kappa shape index (κ3) is 4.22. The van der Waals surface area contributed by atoms with E-state index in [0.717, 1.165) is 36.9 Å². The monoisotopic (exact) mass is 383 g/mol. The molecule has 0 aromatic carbocycles. The van der Waals surface area contributed by atoms with Crippen LogP contribution in [0.15, 0.2) is 41.5 Å². The molecule has 8 heteroatoms. The van der Waals surface area contributed by atoms with Crippen LogP contribution in [0.3, 0.4) is 0 Å². The molecule has 0 spiro atoms. The summed E-state index contributed by atoms with van der Waals surface area (Å²) in [7, 11) is 0. The number of likely N-dealkylation sites (tertiary alicyclic amines) is 1. The lowest BCUT2D eigenvalue weighted by molar-refractivity contribution is 0.0776. The molecule has 28 heavy (non-hydrogen) atoms. The van der Waals surface area contributed by atoms with Crippen molar-refractivity contribution in [3.63, 3.8) is 0 Å². The van der Waals surface area contributed by atoms with E-state index in [1.54, 1.807) is 18.5 Å². The Morgan fingerprint density at radius 1 is 1.14 bits per heavy atom. The van der Waals surface area contributed by atoms with Gasteiger partial charge in [0.2, 0.25) is 0 Å². The third-order valence-corrected chi connectivity index (χ3v) is 5.41. The molecule has 2 amide bonds. The summed E-state index contributed by atoms with van der Waals surface area (Å²) >= 11 is 0. The maximum atomic E-state index is 12.7. The molecule has 4 rings (SSSR count). The molecule has 1 atom stereocenters. The van der Waals surface area contributed by atoms with E-state index in [1.807, 2.05) is 17.0 Å². The Kier molecular flexibility index (Phi) is 5.66. The minimum atomic E-state index is -0.158. The van der Waals surface area contributed by atoms with Gasteiger partial charge in [0, 0.05) is 49.8 Å². The van der Waals surface area contributed by atoms with Crippen LogP contribution in [0.5, 0.6) is 0 Å². The lowest BCUT2D eigenvalue weighted by Gasteiger charge is -2.29. The zero-order chi connectivity index (χ0) is 19.3. The first-order valence-electron chi connectivity index (χ1n) is 9.84. The predicted octanol–water partition coefficient (Wildman–Crippen LogP) is 1.66. The SMILES string of the molecule is O=C(NC1CCOCC1)N1CCCC1Cn1nc(-c2ccncc2)ccc1=O. The van der Waals surface area contributed by atoms with Crippen LogP contribution in [-0.4, -0.2) is 57.5 Å². The molecule has 4 heterocycles. The molecule has 2 aliphatic heterocycles. The van der Waals surface area contributed by atoms with Crippen molar-refractivity contribution in [1.82, 2.24) is 25.0 Å². The van der Waals surface area contributed by atoms with Gasteiger partial charge >= 0.3 is 6.03 Å². The van der Waals surface area contributed by atoms with Crippen molar-refractivity contribution in [2.24, 2.45) is 0 Å². The Morgan fingerprint density at radius 2 is 1.93 bits per heavy atom. The van der Waals surface area contributed by atoms with E-state index < -0.39 is 0 Å². The molecule has 2 aromatic rings. The third-order valence-electron chi connectivity index (χ3n) is 5.41. The van der Waals surface area contributed by atoms with E-state index in [9.17, 15) is 9.59 Å². The summed E-state index contributed by atoms with van der Waals surface area (Å²) in [6.07, 6.45) is 6.90. The van der Waals surface area contributed by atoms with Gasteiger partial charge in [0.1, 0.15) is 0 Å². The van der Waals surface area contributed by atoms with Gasteiger partial charge in [-0.1, -0.05) is 0 Å². The van der Waals surface area contributed by atoms with Crippen LogP contribution in [-0.2, 0) is 11.3 Å². The van der Waals surface area contributed by atoms with Crippen molar-refractivity contribution >= 4 is 6.03 Å². The molecular formula is C20H25N5O3. The van der Waals surface area contributed by atoms with Gasteiger partial charge in [0.15, 0.2) is 0 Å². The number of aromatic nitrogens is 3. The van der Waals surface area contributed by atoms with Crippen LogP contribution >= 0.6 is 0 Å². The van der Waals surface area contributed by atoms with Crippen molar-refractivity contribution < 1.29 is 9.53 Å². The average Bonchev–Trinajstić information content (AvgIpc) is 3.19. The number of amides is 2. The lowest BCUT2D eigenvalue weighted by Crippen LogP contribution is -2.49. The van der Waals surface area contributed by atoms with Gasteiger partial charge in [-0.15, -0.1) is 0 Å². The molecule has 8 nitrogen and oxygen atoms in total. The van der Waals surface area contributed by atoms with Gasteiger partial charge in [0.25, 0.3) is 5.56 Å². The summed E-state index contributed by atoms with van der Waals surface area (Å²) in [6, 6.07) is 7.06. The second kappa shape index (κ2) is 8.52. The summed E-state index contributed by atoms with van der Waals surface area (Å²) in [5.41, 5.74) is 1.47. The van der Waals surface area contributed by atoms with E-state index in [0.29, 0.717) is 26.3 Å². The van der Waals surface area contributed by atoms with Crippen LogP contribution in [0, 0.1) is 0 Å². The minimum absolute atomic E-state index is 0.0299. The molecule has 2 fully saturated rings. The molecule has 2 aromatic heterocycles. The van der Waals surface area contributed by atoms with Gasteiger partial charge in [-0.3, -0.25) is 9.78 Å². The fourth-order valence-electron chi connectivity index (χ4n) is 3.85. The standard InChI is InChI=1S/C20H25N5O3/c26-19-4-3-18(15-5-9-21-10-6-15)23-25(19)14-17-2-1-11-24(17)20(27)22-16-7-12-28-13-8-16/h3-6,9-10,16-17H,1-2,7-8,11-14H2,(H,22,27). The predicted molar refractivity (Wildman–Crippen MR) is 104 cm³/mol. The first kappa shape index (κ1) is 18.6. The number of hydrogen-bond donors (Lipinski definition) is 1. The molecule has 0 aliphatic carbocycles. The minimum Gasteiger partial charge on any atom is -0.381 e. The largest absolute Gasteiger partial charge is 0.381 e. The molecule has 0 saturated carbocycles. The molecule has 2 aliphatic rings. The smallest absolute Gasteiger partial charge is 0.317 e. The zero-order valence-electron chi connectivity index (χ0n) is 15.8. The number of hydrogen-bond acceptors (Lipinski definition) is 5. The number of nitrogens with one attached hydrogen (secondary N) is 1. The number of nitrogens with zero attached hydrogens (tertiary/aromatic N) is 4. The molecule has 0 radical (unpaired) electrons. The van der Waals surface area contributed by atoms with Crippen LogP contribution in [0.25, 0.3) is 11.3 Å². The van der Waals surface area contributed by atoms with Gasteiger partial charge in [-0.05, 0) is 43.9 Å². The fourth-order valence-corrected chi connectivity index (χ4v) is 3.85. The van der Waals surface area contributed by atoms with E-state index in [2.05, 4.69) is 15.4 Å². The fraction of sp³-hybridized carbons (Fsp3) is 0.500. The Labute approximate surface area is 163 Å². The first-order valence-corrected chi connectivity index (χ1v) is 9.84. The highest BCUT2D eigenvalue weighted by molar-refractivity contribution is 5.75. The van der Waals surface area contributed by atoms with Crippen molar-refractivity contribution in [2.75, 3.05) is 19.8 Å². The van der Waals surface area contributed by atoms with Gasteiger partial charge in [0.05, 0.1) is 18.3 Å². The van der Waals surface area contributed by atoms with E-state index in [4.69, 9.17) is 4.74 Å². The molecule has 2 saturated heterocycles. The maximum absolute atomic E-state index is 12.7. The Balaban J connectivity index is 1.47. The van der Waals surface area contributed by atoms with Gasteiger partial charge in [-0.2, -0.15) is 5.10 Å². The second-order valence-electron chi connectivity index (χ2n) is 7.30. The van der Waals surface area contributed by atoms with Crippen molar-refractivity contribution in [2.45, 2.75) is 44.3 Å². The number of rotatable bonds is 4. The summed E-state index contributed by atoms with van der Waals surface area (Å²) in [5.74, 6) is 0. The highest BCUT2D eigenvalue weighted by atomic mass is 16.5. The summed E-state index contributed by atoms with van der Waals surface area (Å²) in [6.45, 7) is 2.49. The molecule has 148 valence electrons. The number of urea groups is 1. The second-order valence-corrected chi connectivity index (χ2v) is 7.30. The molecular weight excluding hydrogens is 358 g/mol. The van der Waals surface area contributed by atoms with E-state index in [-0.39, 0.29) is 23.7 Å². The van der Waals surface area contributed by atoms with Crippen molar-refractivity contribution in [1.29, 1.82) is 0 Å². The van der Waals surface area contributed by atoms with Crippen LogP contribution in [0.4, 0.5) is 4.79 Å². The maximum Gasteiger partial charge on any atom is 0.317 e. The molecule has 1 unspecified atom stereocenters. The number of carbonyl (C=O) groups is 1. The molecule has 1 N–H and O–H groups in total. The van der Waals surface area contributed by atoms with Crippen LogP contribution < -0.4 is 10.9 Å². The Morgan fingerprint density at radius 3 is 2.71 bits per heavy atom. The Hall–Kier alpha value is -2.74. The van der Waals surface area contributed by atoms with Crippen molar-refractivity contribution in [3.8, 4) is 11.3 Å². The lowest BCUT2D eigenvalue weighted by atomic mass is 10.1. The number of pyridine rings is 1. The van der Waals surface area contributed by atoms with Crippen LogP contribution in [0.2, 0.25) is 0 Å².